The van der Waals surface area contributed by atoms with Crippen LogP contribution in [0.1, 0.15) is 18.4 Å². The number of para-hydroxylation sites is 1. The van der Waals surface area contributed by atoms with Crippen LogP contribution in [0.5, 0.6) is 0 Å². The summed E-state index contributed by atoms with van der Waals surface area (Å²) in [6, 6.07) is 4.20. The van der Waals surface area contributed by atoms with E-state index in [9.17, 15) is 28.3 Å². The molecule has 2 aromatic rings. The predicted octanol–water partition coefficient (Wildman–Crippen LogP) is 2.32. The van der Waals surface area contributed by atoms with Gasteiger partial charge >= 0.3 is 6.09 Å². The maximum atomic E-state index is 14.1. The van der Waals surface area contributed by atoms with Gasteiger partial charge in [-0.3, -0.25) is 14.5 Å². The molecular formula is C22H22F2N4O5. The Morgan fingerprint density at radius 1 is 1.12 bits per heavy atom. The second-order valence-corrected chi connectivity index (χ2v) is 7.88. The minimum Gasteiger partial charge on any atom is -0.465 e. The number of fused-ring (bicyclic) bond motifs is 1. The van der Waals surface area contributed by atoms with Crippen LogP contribution in [0.4, 0.5) is 25.1 Å². The molecule has 1 aromatic heterocycles. The van der Waals surface area contributed by atoms with Gasteiger partial charge < -0.3 is 20.5 Å². The van der Waals surface area contributed by atoms with Gasteiger partial charge in [-0.05, 0) is 42.5 Å². The first-order valence-corrected chi connectivity index (χ1v) is 10.5. The fourth-order valence-electron chi connectivity index (χ4n) is 4.26. The molecule has 0 spiro atoms. The van der Waals surface area contributed by atoms with Crippen LogP contribution in [0.3, 0.4) is 0 Å². The van der Waals surface area contributed by atoms with E-state index in [0.29, 0.717) is 31.6 Å². The average Bonchev–Trinajstić information content (AvgIpc) is 3.20. The van der Waals surface area contributed by atoms with Gasteiger partial charge in [-0.1, -0.05) is 12.1 Å². The molecule has 2 atom stereocenters. The van der Waals surface area contributed by atoms with E-state index in [-0.39, 0.29) is 18.2 Å². The number of nitrogens with zero attached hydrogens (tertiary/aromatic N) is 2. The van der Waals surface area contributed by atoms with E-state index in [1.807, 2.05) is 0 Å². The summed E-state index contributed by atoms with van der Waals surface area (Å²) in [5.41, 5.74) is -0.0375. The van der Waals surface area contributed by atoms with Gasteiger partial charge in [0, 0.05) is 25.8 Å². The molecule has 1 fully saturated rings. The Balaban J connectivity index is 1.66. The van der Waals surface area contributed by atoms with Crippen LogP contribution in [0.15, 0.2) is 36.5 Å². The summed E-state index contributed by atoms with van der Waals surface area (Å²) in [5, 5.41) is 13.8. The van der Waals surface area contributed by atoms with Crippen molar-refractivity contribution in [1.29, 1.82) is 0 Å². The Morgan fingerprint density at radius 3 is 2.48 bits per heavy atom. The number of anilines is 2. The average molecular weight is 460 g/mol. The summed E-state index contributed by atoms with van der Waals surface area (Å²) in [6.07, 6.45) is 1.04. The fourth-order valence-corrected chi connectivity index (χ4v) is 4.26. The SMILES string of the molecule is O=C(O)N[C@H](C(=O)N1c2ncccc2CC1C(=O)Nc1c(F)cccc1F)C1CCOCC1. The van der Waals surface area contributed by atoms with Crippen molar-refractivity contribution in [3.8, 4) is 0 Å². The predicted molar refractivity (Wildman–Crippen MR) is 113 cm³/mol. The molecule has 33 heavy (non-hydrogen) atoms. The summed E-state index contributed by atoms with van der Waals surface area (Å²) >= 11 is 0. The number of nitrogens with one attached hydrogen (secondary N) is 2. The van der Waals surface area contributed by atoms with Crippen molar-refractivity contribution in [2.24, 2.45) is 5.92 Å². The zero-order valence-electron chi connectivity index (χ0n) is 17.5. The number of hydrogen-bond donors (Lipinski definition) is 3. The maximum Gasteiger partial charge on any atom is 0.405 e. The number of halogens is 2. The highest BCUT2D eigenvalue weighted by Crippen LogP contribution is 2.33. The fraction of sp³-hybridized carbons (Fsp3) is 0.364. The van der Waals surface area contributed by atoms with Gasteiger partial charge in [0.15, 0.2) is 0 Å². The lowest BCUT2D eigenvalue weighted by Gasteiger charge is -2.33. The van der Waals surface area contributed by atoms with Gasteiger partial charge in [-0.2, -0.15) is 0 Å². The Hall–Kier alpha value is -3.60. The summed E-state index contributed by atoms with van der Waals surface area (Å²) < 4.78 is 33.5. The molecule has 0 saturated carbocycles. The van der Waals surface area contributed by atoms with Crippen molar-refractivity contribution in [3.63, 3.8) is 0 Å². The van der Waals surface area contributed by atoms with Crippen LogP contribution < -0.4 is 15.5 Å². The van der Waals surface area contributed by atoms with Crippen LogP contribution in [0.2, 0.25) is 0 Å². The third-order valence-electron chi connectivity index (χ3n) is 5.85. The highest BCUT2D eigenvalue weighted by Gasteiger charge is 2.44. The van der Waals surface area contributed by atoms with E-state index in [1.54, 1.807) is 12.1 Å². The molecule has 1 unspecified atom stereocenters. The largest absolute Gasteiger partial charge is 0.465 e. The molecule has 0 aliphatic carbocycles. The van der Waals surface area contributed by atoms with Gasteiger partial charge in [0.05, 0.1) is 0 Å². The molecule has 1 aromatic carbocycles. The molecule has 4 rings (SSSR count). The lowest BCUT2D eigenvalue weighted by Crippen LogP contribution is -2.57. The molecule has 0 radical (unpaired) electrons. The standard InChI is InChI=1S/C22H22F2N4O5/c23-14-4-1-5-15(24)18(14)26-20(29)16-11-13-3-2-8-25-19(13)28(16)21(30)17(27-22(31)32)12-6-9-33-10-7-12/h1-5,8,12,16-17,27H,6-7,9-11H2,(H,26,29)(H,31,32)/t16?,17-/m0/s1. The summed E-state index contributed by atoms with van der Waals surface area (Å²) in [5.74, 6) is -3.52. The second-order valence-electron chi connectivity index (χ2n) is 7.88. The second kappa shape index (κ2) is 9.49. The highest BCUT2D eigenvalue weighted by molar-refractivity contribution is 6.08. The molecule has 174 valence electrons. The van der Waals surface area contributed by atoms with Crippen molar-refractivity contribution in [1.82, 2.24) is 10.3 Å². The quantitative estimate of drug-likeness (QED) is 0.630. The molecule has 0 bridgehead atoms. The third kappa shape index (κ3) is 4.63. The number of pyridine rings is 1. The number of carbonyl (C=O) groups is 3. The highest BCUT2D eigenvalue weighted by atomic mass is 19.1. The molecule has 1 saturated heterocycles. The number of hydrogen-bond acceptors (Lipinski definition) is 5. The summed E-state index contributed by atoms with van der Waals surface area (Å²) in [6.45, 7) is 0.752. The monoisotopic (exact) mass is 460 g/mol. The minimum atomic E-state index is -1.38. The number of ether oxygens (including phenoxy) is 1. The van der Waals surface area contributed by atoms with Gasteiger partial charge in [-0.15, -0.1) is 0 Å². The molecule has 2 aliphatic heterocycles. The maximum absolute atomic E-state index is 14.1. The lowest BCUT2D eigenvalue weighted by molar-refractivity contribution is -0.126. The van der Waals surface area contributed by atoms with Crippen molar-refractivity contribution in [3.05, 3.63) is 53.7 Å². The lowest BCUT2D eigenvalue weighted by atomic mass is 9.90. The topological polar surface area (TPSA) is 121 Å². The van der Waals surface area contributed by atoms with E-state index in [4.69, 9.17) is 4.74 Å². The molecule has 3 amide bonds. The summed E-state index contributed by atoms with van der Waals surface area (Å²) in [4.78, 5) is 43.5. The van der Waals surface area contributed by atoms with Crippen molar-refractivity contribution >= 4 is 29.4 Å². The first-order valence-electron chi connectivity index (χ1n) is 10.5. The number of carbonyl (C=O) groups excluding carboxylic acids is 2. The van der Waals surface area contributed by atoms with Gasteiger partial charge in [0.1, 0.15) is 35.2 Å². The Labute approximate surface area is 187 Å². The van der Waals surface area contributed by atoms with Crippen LogP contribution in [0, 0.1) is 17.6 Å². The number of rotatable bonds is 5. The van der Waals surface area contributed by atoms with Gasteiger partial charge in [0.25, 0.3) is 5.91 Å². The number of amides is 3. The smallest absolute Gasteiger partial charge is 0.405 e. The summed E-state index contributed by atoms with van der Waals surface area (Å²) in [7, 11) is 0. The van der Waals surface area contributed by atoms with Gasteiger partial charge in [-0.25, -0.2) is 18.6 Å². The number of carboxylic acid groups (broad SMARTS) is 1. The first-order chi connectivity index (χ1) is 15.9. The Bertz CT molecular complexity index is 1060. The van der Waals surface area contributed by atoms with E-state index >= 15 is 0 Å². The Morgan fingerprint density at radius 2 is 1.82 bits per heavy atom. The van der Waals surface area contributed by atoms with E-state index in [1.165, 1.54) is 12.3 Å². The molecule has 2 aliphatic rings. The van der Waals surface area contributed by atoms with Crippen molar-refractivity contribution < 1.29 is 33.0 Å². The van der Waals surface area contributed by atoms with Crippen LogP contribution in [-0.2, 0) is 20.7 Å². The van der Waals surface area contributed by atoms with Gasteiger partial charge in [0.2, 0.25) is 5.91 Å². The molecule has 3 heterocycles. The van der Waals surface area contributed by atoms with E-state index < -0.39 is 47.3 Å². The third-order valence-corrected chi connectivity index (χ3v) is 5.85. The minimum absolute atomic E-state index is 0.0599. The van der Waals surface area contributed by atoms with Crippen LogP contribution in [-0.4, -0.2) is 53.3 Å². The molecule has 9 nitrogen and oxygen atoms in total. The normalized spacial score (nSPS) is 19.0. The van der Waals surface area contributed by atoms with Crippen LogP contribution in [0.25, 0.3) is 0 Å². The number of benzene rings is 1. The van der Waals surface area contributed by atoms with E-state index in [2.05, 4.69) is 15.6 Å². The molecular weight excluding hydrogens is 438 g/mol. The molecule has 3 N–H and O–H groups in total. The van der Waals surface area contributed by atoms with Crippen molar-refractivity contribution in [2.45, 2.75) is 31.3 Å². The van der Waals surface area contributed by atoms with Crippen LogP contribution >= 0.6 is 0 Å². The first kappa shape index (κ1) is 22.6. The van der Waals surface area contributed by atoms with E-state index in [0.717, 1.165) is 17.0 Å². The zero-order chi connectivity index (χ0) is 23.5. The Kier molecular flexibility index (Phi) is 6.50. The van der Waals surface area contributed by atoms with Crippen molar-refractivity contribution in [2.75, 3.05) is 23.4 Å². The number of aromatic nitrogens is 1. The molecule has 11 heteroatoms. The zero-order valence-corrected chi connectivity index (χ0v) is 17.5.